The summed E-state index contributed by atoms with van der Waals surface area (Å²) in [6.07, 6.45) is 0. The summed E-state index contributed by atoms with van der Waals surface area (Å²) in [5, 5.41) is 7.36. The monoisotopic (exact) mass is 459 g/mol. The lowest BCUT2D eigenvalue weighted by atomic mass is 9.95. The molecule has 0 fully saturated rings. The molecule has 4 aromatic rings. The van der Waals surface area contributed by atoms with Crippen LogP contribution in [0.5, 0.6) is 0 Å². The van der Waals surface area contributed by atoms with Crippen LogP contribution in [0.15, 0.2) is 94.2 Å². The molecule has 6 heteroatoms. The second kappa shape index (κ2) is 8.47. The van der Waals surface area contributed by atoms with E-state index in [0.29, 0.717) is 16.9 Å². The van der Waals surface area contributed by atoms with Gasteiger partial charge in [0.15, 0.2) is 0 Å². The molecular formula is C24H18BrN3O2. The average Bonchev–Trinajstić information content (AvgIpc) is 2.78. The predicted octanol–water partition coefficient (Wildman–Crippen LogP) is 5.13. The molecule has 1 N–H and O–H groups in total. The first kappa shape index (κ1) is 19.8. The van der Waals surface area contributed by atoms with Gasteiger partial charge in [0.25, 0.3) is 11.5 Å². The Hall–Kier alpha value is -3.51. The molecule has 0 aliphatic carbocycles. The second-order valence-corrected chi connectivity index (χ2v) is 7.55. The van der Waals surface area contributed by atoms with Crippen LogP contribution in [-0.4, -0.2) is 15.7 Å². The van der Waals surface area contributed by atoms with Crippen molar-refractivity contribution in [2.24, 2.45) is 7.05 Å². The third-order valence-corrected chi connectivity index (χ3v) is 5.39. The molecule has 4 rings (SSSR count). The fourth-order valence-electron chi connectivity index (χ4n) is 3.27. The lowest BCUT2D eigenvalue weighted by Gasteiger charge is -2.16. The number of amides is 1. The Bertz CT molecular complexity index is 1270. The highest BCUT2D eigenvalue weighted by molar-refractivity contribution is 9.10. The number of rotatable bonds is 4. The maximum Gasteiger partial charge on any atom is 0.280 e. The van der Waals surface area contributed by atoms with Crippen LogP contribution in [-0.2, 0) is 7.05 Å². The topological polar surface area (TPSA) is 64.0 Å². The summed E-state index contributed by atoms with van der Waals surface area (Å²) in [6.45, 7) is 0. The van der Waals surface area contributed by atoms with Gasteiger partial charge in [0.1, 0.15) is 5.56 Å². The number of aromatic nitrogens is 2. The number of nitrogens with zero attached hydrogens (tertiary/aromatic N) is 2. The Morgan fingerprint density at radius 1 is 0.867 bits per heavy atom. The van der Waals surface area contributed by atoms with Crippen molar-refractivity contribution in [2.75, 3.05) is 5.32 Å². The van der Waals surface area contributed by atoms with Gasteiger partial charge >= 0.3 is 0 Å². The first-order chi connectivity index (χ1) is 14.6. The largest absolute Gasteiger partial charge is 0.321 e. The summed E-state index contributed by atoms with van der Waals surface area (Å²) in [7, 11) is 1.55. The lowest BCUT2D eigenvalue weighted by molar-refractivity contribution is 0.102. The van der Waals surface area contributed by atoms with Crippen LogP contribution in [0.4, 0.5) is 5.69 Å². The predicted molar refractivity (Wildman–Crippen MR) is 122 cm³/mol. The summed E-state index contributed by atoms with van der Waals surface area (Å²) in [5.74, 6) is -0.485. The van der Waals surface area contributed by atoms with E-state index < -0.39 is 11.5 Å². The fourth-order valence-corrected chi connectivity index (χ4v) is 3.66. The molecule has 0 radical (unpaired) electrons. The maximum absolute atomic E-state index is 13.3. The van der Waals surface area contributed by atoms with Crippen molar-refractivity contribution in [2.45, 2.75) is 0 Å². The van der Waals surface area contributed by atoms with E-state index in [2.05, 4.69) is 26.3 Å². The van der Waals surface area contributed by atoms with Gasteiger partial charge in [0, 0.05) is 22.6 Å². The van der Waals surface area contributed by atoms with E-state index in [1.54, 1.807) is 13.1 Å². The third kappa shape index (κ3) is 3.82. The van der Waals surface area contributed by atoms with Gasteiger partial charge in [-0.3, -0.25) is 9.59 Å². The maximum atomic E-state index is 13.3. The number of carbonyl (C=O) groups is 1. The van der Waals surface area contributed by atoms with E-state index in [-0.39, 0.29) is 5.56 Å². The number of carbonyl (C=O) groups excluding carboxylic acids is 1. The Morgan fingerprint density at radius 2 is 1.43 bits per heavy atom. The van der Waals surface area contributed by atoms with Crippen LogP contribution in [0.25, 0.3) is 22.4 Å². The van der Waals surface area contributed by atoms with Crippen molar-refractivity contribution in [3.63, 3.8) is 0 Å². The van der Waals surface area contributed by atoms with Crippen molar-refractivity contribution in [3.05, 3.63) is 105 Å². The zero-order chi connectivity index (χ0) is 21.1. The highest BCUT2D eigenvalue weighted by atomic mass is 79.9. The molecule has 1 heterocycles. The Morgan fingerprint density at radius 3 is 2.07 bits per heavy atom. The molecule has 0 aliphatic rings. The summed E-state index contributed by atoms with van der Waals surface area (Å²) in [4.78, 5) is 26.4. The van der Waals surface area contributed by atoms with Gasteiger partial charge in [-0.2, -0.15) is 5.10 Å². The first-order valence-electron chi connectivity index (χ1n) is 9.34. The first-order valence-corrected chi connectivity index (χ1v) is 10.1. The average molecular weight is 460 g/mol. The number of halogens is 1. The Balaban J connectivity index is 1.97. The molecule has 0 bridgehead atoms. The van der Waals surface area contributed by atoms with E-state index >= 15 is 0 Å². The number of benzene rings is 3. The highest BCUT2D eigenvalue weighted by Gasteiger charge is 2.24. The van der Waals surface area contributed by atoms with Gasteiger partial charge in [-0.25, -0.2) is 4.68 Å². The molecule has 0 saturated carbocycles. The van der Waals surface area contributed by atoms with Crippen LogP contribution in [0.1, 0.15) is 10.4 Å². The summed E-state index contributed by atoms with van der Waals surface area (Å²) < 4.78 is 1.94. The van der Waals surface area contributed by atoms with E-state index in [4.69, 9.17) is 0 Å². The van der Waals surface area contributed by atoms with Gasteiger partial charge in [0.2, 0.25) is 0 Å². The van der Waals surface area contributed by atoms with Crippen molar-refractivity contribution < 1.29 is 4.79 Å². The standard InChI is InChI=1S/C24H18BrN3O2/c1-28-24(30)21(23(29)26-19-15-9-8-14-18(19)25)20(16-10-4-2-5-11-16)22(27-28)17-12-6-3-7-13-17/h2-15H,1H3,(H,26,29). The van der Waals surface area contributed by atoms with Crippen LogP contribution < -0.4 is 10.9 Å². The van der Waals surface area contributed by atoms with Crippen molar-refractivity contribution >= 4 is 27.5 Å². The highest BCUT2D eigenvalue weighted by Crippen LogP contribution is 2.32. The van der Waals surface area contributed by atoms with Crippen LogP contribution in [0.3, 0.4) is 0 Å². The normalized spacial score (nSPS) is 10.6. The number of hydrogen-bond donors (Lipinski definition) is 1. The van der Waals surface area contributed by atoms with Gasteiger partial charge in [-0.15, -0.1) is 0 Å². The minimum Gasteiger partial charge on any atom is -0.321 e. The van der Waals surface area contributed by atoms with Crippen molar-refractivity contribution in [3.8, 4) is 22.4 Å². The minimum atomic E-state index is -0.485. The lowest BCUT2D eigenvalue weighted by Crippen LogP contribution is -2.31. The molecule has 1 aromatic heterocycles. The molecule has 0 saturated heterocycles. The zero-order valence-electron chi connectivity index (χ0n) is 16.2. The molecule has 0 spiro atoms. The summed E-state index contributed by atoms with van der Waals surface area (Å²) in [5.41, 5.74) is 2.82. The number of aryl methyl sites for hydroxylation is 1. The van der Waals surface area contributed by atoms with Crippen LogP contribution >= 0.6 is 15.9 Å². The zero-order valence-corrected chi connectivity index (χ0v) is 17.8. The number of para-hydroxylation sites is 1. The van der Waals surface area contributed by atoms with E-state index in [1.807, 2.05) is 78.9 Å². The molecule has 0 atom stereocenters. The van der Waals surface area contributed by atoms with Crippen molar-refractivity contribution in [1.82, 2.24) is 9.78 Å². The fraction of sp³-hybridized carbons (Fsp3) is 0.0417. The van der Waals surface area contributed by atoms with E-state index in [0.717, 1.165) is 15.6 Å². The Labute approximate surface area is 182 Å². The molecule has 5 nitrogen and oxygen atoms in total. The smallest absolute Gasteiger partial charge is 0.280 e. The van der Waals surface area contributed by atoms with Crippen LogP contribution in [0.2, 0.25) is 0 Å². The molecule has 3 aromatic carbocycles. The molecular weight excluding hydrogens is 442 g/mol. The molecule has 30 heavy (non-hydrogen) atoms. The van der Waals surface area contributed by atoms with E-state index in [1.165, 1.54) is 4.68 Å². The minimum absolute atomic E-state index is 0.0494. The third-order valence-electron chi connectivity index (χ3n) is 4.70. The van der Waals surface area contributed by atoms with Crippen LogP contribution in [0, 0.1) is 0 Å². The van der Waals surface area contributed by atoms with Gasteiger partial charge in [-0.05, 0) is 33.6 Å². The summed E-state index contributed by atoms with van der Waals surface area (Å²) >= 11 is 3.43. The van der Waals surface area contributed by atoms with Gasteiger partial charge in [-0.1, -0.05) is 72.8 Å². The Kier molecular flexibility index (Phi) is 5.59. The molecule has 0 unspecified atom stereocenters. The van der Waals surface area contributed by atoms with Gasteiger partial charge < -0.3 is 5.32 Å². The number of hydrogen-bond acceptors (Lipinski definition) is 3. The molecule has 1 amide bonds. The van der Waals surface area contributed by atoms with Gasteiger partial charge in [0.05, 0.1) is 11.4 Å². The van der Waals surface area contributed by atoms with E-state index in [9.17, 15) is 9.59 Å². The van der Waals surface area contributed by atoms with Crippen molar-refractivity contribution in [1.29, 1.82) is 0 Å². The molecule has 0 aliphatic heterocycles. The quantitative estimate of drug-likeness (QED) is 0.460. The summed E-state index contributed by atoms with van der Waals surface area (Å²) in [6, 6.07) is 26.2. The SMILES string of the molecule is Cn1nc(-c2ccccc2)c(-c2ccccc2)c(C(=O)Nc2ccccc2Br)c1=O. The second-order valence-electron chi connectivity index (χ2n) is 6.69. The molecule has 148 valence electrons. The number of nitrogens with one attached hydrogen (secondary N) is 1. The number of anilines is 1.